The zero-order valence-corrected chi connectivity index (χ0v) is 14.3. The van der Waals surface area contributed by atoms with E-state index in [2.05, 4.69) is 11.1 Å². The van der Waals surface area contributed by atoms with E-state index in [1.165, 1.54) is 0 Å². The fraction of sp³-hybridized carbons (Fsp3) is 0.611. The Balaban J connectivity index is 2.02. The van der Waals surface area contributed by atoms with Crippen molar-refractivity contribution >= 4 is 5.91 Å². The van der Waals surface area contributed by atoms with Crippen molar-refractivity contribution < 1.29 is 9.90 Å². The first-order valence-corrected chi connectivity index (χ1v) is 8.51. The van der Waals surface area contributed by atoms with Crippen molar-refractivity contribution in [2.75, 3.05) is 26.7 Å². The highest BCUT2D eigenvalue weighted by atomic mass is 16.3. The Morgan fingerprint density at radius 3 is 2.75 bits per heavy atom. The number of likely N-dealkylation sites (N-methyl/N-ethyl adjacent to an activating group) is 1. The Kier molecular flexibility index (Phi) is 6.71. The summed E-state index contributed by atoms with van der Waals surface area (Å²) in [6.07, 6.45) is 8.06. The van der Waals surface area contributed by atoms with Crippen LogP contribution in [-0.4, -0.2) is 58.1 Å². The van der Waals surface area contributed by atoms with E-state index in [1.807, 2.05) is 17.0 Å². The van der Waals surface area contributed by atoms with Crippen LogP contribution in [0, 0.1) is 11.3 Å². The number of amides is 1. The molecular formula is C18H26N4O2. The highest BCUT2D eigenvalue weighted by molar-refractivity contribution is 5.79. The van der Waals surface area contributed by atoms with Gasteiger partial charge in [0.15, 0.2) is 0 Å². The number of carbonyl (C=O) groups excluding carboxylic acids is 1. The average molecular weight is 330 g/mol. The van der Waals surface area contributed by atoms with Crippen LogP contribution in [0.25, 0.3) is 0 Å². The fourth-order valence-corrected chi connectivity index (χ4v) is 3.30. The van der Waals surface area contributed by atoms with Crippen molar-refractivity contribution in [3.63, 3.8) is 0 Å². The summed E-state index contributed by atoms with van der Waals surface area (Å²) in [6, 6.07) is 6.18. The average Bonchev–Trinajstić information content (AvgIpc) is 2.62. The van der Waals surface area contributed by atoms with Gasteiger partial charge < -0.3 is 10.0 Å². The summed E-state index contributed by atoms with van der Waals surface area (Å²) in [5.41, 5.74) is 0.322. The number of hydrogen-bond donors (Lipinski definition) is 1. The minimum absolute atomic E-state index is 0.0132. The molecule has 0 aliphatic heterocycles. The van der Waals surface area contributed by atoms with E-state index in [0.717, 1.165) is 37.7 Å². The molecule has 1 aromatic rings. The summed E-state index contributed by atoms with van der Waals surface area (Å²) in [4.78, 5) is 20.3. The first-order valence-electron chi connectivity index (χ1n) is 8.51. The van der Waals surface area contributed by atoms with Gasteiger partial charge in [0.2, 0.25) is 5.91 Å². The van der Waals surface area contributed by atoms with Gasteiger partial charge in [0.25, 0.3) is 0 Å². The molecule has 6 heteroatoms. The molecular weight excluding hydrogens is 304 g/mol. The molecule has 1 fully saturated rings. The number of aliphatic hydroxyl groups is 1. The maximum atomic E-state index is 12.7. The van der Waals surface area contributed by atoms with E-state index in [4.69, 9.17) is 0 Å². The maximum Gasteiger partial charge on any atom is 0.237 e. The SMILES string of the molecule is CN(C(=O)CN(CCO)Cc1cccnc1)C1(C#N)CCCCC1. The van der Waals surface area contributed by atoms with Crippen LogP contribution >= 0.6 is 0 Å². The van der Waals surface area contributed by atoms with Gasteiger partial charge >= 0.3 is 0 Å². The molecule has 6 nitrogen and oxygen atoms in total. The number of nitriles is 1. The Bertz CT molecular complexity index is 564. The highest BCUT2D eigenvalue weighted by Gasteiger charge is 2.38. The number of rotatable bonds is 7. The van der Waals surface area contributed by atoms with Gasteiger partial charge in [-0.3, -0.25) is 14.7 Å². The topological polar surface area (TPSA) is 80.5 Å². The normalized spacial score (nSPS) is 16.6. The van der Waals surface area contributed by atoms with Crippen molar-refractivity contribution in [2.24, 2.45) is 0 Å². The molecule has 1 N–H and O–H groups in total. The van der Waals surface area contributed by atoms with Crippen LogP contribution < -0.4 is 0 Å². The number of pyridine rings is 1. The first kappa shape index (κ1) is 18.4. The Morgan fingerprint density at radius 2 is 2.17 bits per heavy atom. The van der Waals surface area contributed by atoms with Crippen molar-refractivity contribution in [3.05, 3.63) is 30.1 Å². The Hall–Kier alpha value is -1.97. The molecule has 1 saturated carbocycles. The van der Waals surface area contributed by atoms with Crippen LogP contribution in [0.2, 0.25) is 0 Å². The second-order valence-corrected chi connectivity index (χ2v) is 6.45. The molecule has 0 atom stereocenters. The molecule has 0 unspecified atom stereocenters. The smallest absolute Gasteiger partial charge is 0.237 e. The van der Waals surface area contributed by atoms with Crippen LogP contribution in [0.4, 0.5) is 0 Å². The molecule has 1 heterocycles. The van der Waals surface area contributed by atoms with Gasteiger partial charge in [-0.15, -0.1) is 0 Å². The van der Waals surface area contributed by atoms with Gasteiger partial charge in [-0.1, -0.05) is 25.3 Å². The van der Waals surface area contributed by atoms with Gasteiger partial charge in [-0.2, -0.15) is 5.26 Å². The van der Waals surface area contributed by atoms with Gasteiger partial charge in [0.1, 0.15) is 5.54 Å². The molecule has 1 aliphatic carbocycles. The Morgan fingerprint density at radius 1 is 1.42 bits per heavy atom. The lowest BCUT2D eigenvalue weighted by molar-refractivity contribution is -0.136. The molecule has 0 bridgehead atoms. The summed E-state index contributed by atoms with van der Waals surface area (Å²) in [6.45, 7) is 1.14. The number of aliphatic hydroxyl groups excluding tert-OH is 1. The summed E-state index contributed by atoms with van der Waals surface area (Å²) in [5.74, 6) is -0.0733. The predicted octanol–water partition coefficient (Wildman–Crippen LogP) is 1.56. The molecule has 0 radical (unpaired) electrons. The Labute approximate surface area is 143 Å². The molecule has 0 aromatic carbocycles. The van der Waals surface area contributed by atoms with Crippen molar-refractivity contribution in [3.8, 4) is 6.07 Å². The third kappa shape index (κ3) is 4.53. The van der Waals surface area contributed by atoms with Crippen LogP contribution in [0.15, 0.2) is 24.5 Å². The summed E-state index contributed by atoms with van der Waals surface area (Å²) in [7, 11) is 1.73. The van der Waals surface area contributed by atoms with E-state index in [0.29, 0.717) is 13.1 Å². The fourth-order valence-electron chi connectivity index (χ4n) is 3.30. The zero-order valence-electron chi connectivity index (χ0n) is 14.3. The van der Waals surface area contributed by atoms with E-state index in [1.54, 1.807) is 24.3 Å². The summed E-state index contributed by atoms with van der Waals surface area (Å²) < 4.78 is 0. The van der Waals surface area contributed by atoms with Gasteiger partial charge in [-0.25, -0.2) is 0 Å². The van der Waals surface area contributed by atoms with Crippen LogP contribution in [-0.2, 0) is 11.3 Å². The van der Waals surface area contributed by atoms with Crippen molar-refractivity contribution in [2.45, 2.75) is 44.2 Å². The summed E-state index contributed by atoms with van der Waals surface area (Å²) in [5, 5.41) is 18.9. The number of carbonyl (C=O) groups is 1. The number of aromatic nitrogens is 1. The second-order valence-electron chi connectivity index (χ2n) is 6.45. The van der Waals surface area contributed by atoms with Gasteiger partial charge in [-0.05, 0) is 24.5 Å². The van der Waals surface area contributed by atoms with E-state index < -0.39 is 5.54 Å². The molecule has 1 aliphatic rings. The van der Waals surface area contributed by atoms with Gasteiger partial charge in [0, 0.05) is 32.5 Å². The van der Waals surface area contributed by atoms with Crippen LogP contribution in [0.1, 0.15) is 37.7 Å². The minimum Gasteiger partial charge on any atom is -0.395 e. The first-order chi connectivity index (χ1) is 11.6. The zero-order chi connectivity index (χ0) is 17.4. The van der Waals surface area contributed by atoms with Crippen molar-refractivity contribution in [1.82, 2.24) is 14.8 Å². The molecule has 0 spiro atoms. The van der Waals surface area contributed by atoms with Crippen LogP contribution in [0.5, 0.6) is 0 Å². The third-order valence-electron chi connectivity index (χ3n) is 4.81. The minimum atomic E-state index is -0.672. The molecule has 2 rings (SSSR count). The highest BCUT2D eigenvalue weighted by Crippen LogP contribution is 2.32. The predicted molar refractivity (Wildman–Crippen MR) is 90.8 cm³/mol. The lowest BCUT2D eigenvalue weighted by Gasteiger charge is -2.39. The maximum absolute atomic E-state index is 12.7. The van der Waals surface area contributed by atoms with Crippen LogP contribution in [0.3, 0.4) is 0 Å². The second kappa shape index (κ2) is 8.76. The number of nitrogens with zero attached hydrogens (tertiary/aromatic N) is 4. The molecule has 130 valence electrons. The molecule has 1 amide bonds. The monoisotopic (exact) mass is 330 g/mol. The number of hydrogen-bond acceptors (Lipinski definition) is 5. The third-order valence-corrected chi connectivity index (χ3v) is 4.81. The quantitative estimate of drug-likeness (QED) is 0.820. The van der Waals surface area contributed by atoms with E-state index in [9.17, 15) is 15.2 Å². The summed E-state index contributed by atoms with van der Waals surface area (Å²) >= 11 is 0. The molecule has 24 heavy (non-hydrogen) atoms. The molecule has 0 saturated heterocycles. The van der Waals surface area contributed by atoms with Crippen molar-refractivity contribution in [1.29, 1.82) is 5.26 Å². The van der Waals surface area contributed by atoms with E-state index in [-0.39, 0.29) is 19.1 Å². The van der Waals surface area contributed by atoms with Gasteiger partial charge in [0.05, 0.1) is 19.2 Å². The molecule has 1 aromatic heterocycles. The largest absolute Gasteiger partial charge is 0.395 e. The standard InChI is InChI=1S/C18H26N4O2/c1-21(18(15-19)7-3-2-4-8-18)17(24)14-22(10-11-23)13-16-6-5-9-20-12-16/h5-6,9,12,23H,2-4,7-8,10-11,13-14H2,1H3. The van der Waals surface area contributed by atoms with E-state index >= 15 is 0 Å². The lowest BCUT2D eigenvalue weighted by atomic mass is 9.81. The lowest BCUT2D eigenvalue weighted by Crippen LogP contribution is -2.52.